The van der Waals surface area contributed by atoms with Crippen LogP contribution in [0.5, 0.6) is 0 Å². The summed E-state index contributed by atoms with van der Waals surface area (Å²) >= 11 is 0. The van der Waals surface area contributed by atoms with Gasteiger partial charge in [-0.15, -0.1) is 0 Å². The second kappa shape index (κ2) is 12.8. The van der Waals surface area contributed by atoms with Gasteiger partial charge in [0.2, 0.25) is 0 Å². The molecule has 0 atom stereocenters. The smallest absolute Gasteiger partial charge is 0.197 e. The molecule has 4 nitrogen and oxygen atoms in total. The summed E-state index contributed by atoms with van der Waals surface area (Å²) in [6.45, 7) is 35.3. The van der Waals surface area contributed by atoms with Crippen LogP contribution in [0.3, 0.4) is 0 Å². The number of aromatic nitrogens is 2. The van der Waals surface area contributed by atoms with Crippen molar-refractivity contribution in [3.8, 4) is 11.4 Å². The van der Waals surface area contributed by atoms with Crippen molar-refractivity contribution >= 4 is 43.6 Å². The molecule has 5 aromatic carbocycles. The number of rotatable bonds is 2. The van der Waals surface area contributed by atoms with Gasteiger partial charge in [-0.3, -0.25) is 9.59 Å². The van der Waals surface area contributed by atoms with Crippen molar-refractivity contribution in [3.63, 3.8) is 0 Å². The van der Waals surface area contributed by atoms with E-state index < -0.39 is 0 Å². The van der Waals surface area contributed by atoms with Crippen molar-refractivity contribution in [2.75, 3.05) is 0 Å². The average molecular weight is 745 g/mol. The Morgan fingerprint density at radius 2 is 0.554 bits per heavy atom. The molecule has 0 aliphatic rings. The fourth-order valence-corrected chi connectivity index (χ4v) is 7.96. The van der Waals surface area contributed by atoms with Gasteiger partial charge in [0.15, 0.2) is 10.9 Å². The Kier molecular flexibility index (Phi) is 8.96. The Bertz CT molecular complexity index is 2640. The quantitative estimate of drug-likeness (QED) is 0.165. The second-order valence-electron chi connectivity index (χ2n) is 20.7. The van der Waals surface area contributed by atoms with Gasteiger partial charge in [-0.2, -0.15) is 0 Å². The molecule has 56 heavy (non-hydrogen) atoms. The van der Waals surface area contributed by atoms with Gasteiger partial charge in [-0.1, -0.05) is 95.2 Å². The lowest BCUT2D eigenvalue weighted by atomic mass is 9.80. The molecule has 0 bridgehead atoms. The summed E-state index contributed by atoms with van der Waals surface area (Å²) in [6, 6.07) is 26.1. The standard InChI is InChI=1S/C52H60N2O2/c1-29-17-39-43(19-31(29)3)53(37-23-33(49(5,6)7)21-34(24-37)50(8,9)10)45-28-42-46(27-41(45)47(39)55)54(44-20-32(4)30(2)18-40(44)48(42)56)38-25-35(51(11,12)13)22-36(26-38)52(14,15)16/h17-28H,1-16H3. The lowest BCUT2D eigenvalue weighted by Gasteiger charge is -2.28. The lowest BCUT2D eigenvalue weighted by Crippen LogP contribution is -2.19. The molecule has 0 saturated carbocycles. The Hall–Kier alpha value is -4.96. The predicted molar refractivity (Wildman–Crippen MR) is 241 cm³/mol. The molecule has 0 aliphatic carbocycles. The molecule has 0 radical (unpaired) electrons. The van der Waals surface area contributed by atoms with E-state index in [-0.39, 0.29) is 32.5 Å². The molecule has 0 aliphatic heterocycles. The van der Waals surface area contributed by atoms with Crippen LogP contribution in [-0.4, -0.2) is 9.13 Å². The van der Waals surface area contributed by atoms with Crippen molar-refractivity contribution in [1.82, 2.24) is 9.13 Å². The Morgan fingerprint density at radius 1 is 0.321 bits per heavy atom. The molecule has 0 fully saturated rings. The lowest BCUT2D eigenvalue weighted by molar-refractivity contribution is 0.567. The van der Waals surface area contributed by atoms with Crippen molar-refractivity contribution in [3.05, 3.63) is 138 Å². The summed E-state index contributed by atoms with van der Waals surface area (Å²) in [5.41, 5.74) is 13.8. The summed E-state index contributed by atoms with van der Waals surface area (Å²) < 4.78 is 4.49. The van der Waals surface area contributed by atoms with Crippen LogP contribution in [0, 0.1) is 27.7 Å². The fraction of sp³-hybridized carbons (Fsp3) is 0.385. The number of pyridine rings is 2. The van der Waals surface area contributed by atoms with Crippen LogP contribution < -0.4 is 10.9 Å². The normalized spacial score (nSPS) is 13.1. The van der Waals surface area contributed by atoms with Crippen LogP contribution in [0.4, 0.5) is 0 Å². The van der Waals surface area contributed by atoms with Crippen molar-refractivity contribution in [2.24, 2.45) is 0 Å². The topological polar surface area (TPSA) is 44.0 Å². The number of nitrogens with zero attached hydrogens (tertiary/aromatic N) is 2. The molecule has 7 rings (SSSR count). The molecule has 2 aromatic heterocycles. The van der Waals surface area contributed by atoms with Crippen molar-refractivity contribution in [2.45, 2.75) is 132 Å². The first-order chi connectivity index (χ1) is 25.8. The van der Waals surface area contributed by atoms with Crippen LogP contribution in [-0.2, 0) is 21.7 Å². The Morgan fingerprint density at radius 3 is 0.821 bits per heavy atom. The van der Waals surface area contributed by atoms with E-state index in [2.05, 4.69) is 168 Å². The molecule has 0 saturated heterocycles. The molecule has 0 unspecified atom stereocenters. The Labute approximate surface area is 333 Å². The molecule has 0 spiro atoms. The summed E-state index contributed by atoms with van der Waals surface area (Å²) in [6.07, 6.45) is 0. The third-order valence-corrected chi connectivity index (χ3v) is 12.1. The molecule has 0 N–H and O–H groups in total. The molecule has 2 heterocycles. The van der Waals surface area contributed by atoms with E-state index in [1.54, 1.807) is 0 Å². The van der Waals surface area contributed by atoms with E-state index in [1.165, 1.54) is 22.3 Å². The van der Waals surface area contributed by atoms with Crippen LogP contribution in [0.25, 0.3) is 55.0 Å². The minimum Gasteiger partial charge on any atom is -0.309 e. The van der Waals surface area contributed by atoms with Gasteiger partial charge in [0.25, 0.3) is 0 Å². The van der Waals surface area contributed by atoms with Crippen LogP contribution >= 0.6 is 0 Å². The van der Waals surface area contributed by atoms with Gasteiger partial charge in [-0.05, 0) is 155 Å². The highest BCUT2D eigenvalue weighted by molar-refractivity contribution is 6.05. The molecule has 290 valence electrons. The first kappa shape index (κ1) is 39.3. The SMILES string of the molecule is Cc1cc2c(=O)c3cc4c(cc3n(-c3cc(C(C)(C)C)cc(C(C)(C)C)c3)c2cc1C)c(=O)c1cc(C)c(C)cc1n4-c1cc(C(C)(C)C)cc(C(C)(C)C)c1. The number of aryl methyl sites for hydroxylation is 4. The molecular formula is C52H60N2O2. The van der Waals surface area contributed by atoms with E-state index in [4.69, 9.17) is 0 Å². The van der Waals surface area contributed by atoms with E-state index >= 15 is 0 Å². The zero-order valence-corrected chi connectivity index (χ0v) is 36.6. The van der Waals surface area contributed by atoms with Gasteiger partial charge in [0.1, 0.15) is 0 Å². The number of fused-ring (bicyclic) bond motifs is 4. The van der Waals surface area contributed by atoms with Gasteiger partial charge in [-0.25, -0.2) is 0 Å². The highest BCUT2D eigenvalue weighted by Gasteiger charge is 2.26. The summed E-state index contributed by atoms with van der Waals surface area (Å²) in [5.74, 6) is 0. The van der Waals surface area contributed by atoms with Gasteiger partial charge >= 0.3 is 0 Å². The van der Waals surface area contributed by atoms with E-state index in [9.17, 15) is 9.59 Å². The first-order valence-corrected chi connectivity index (χ1v) is 20.2. The maximum atomic E-state index is 15.0. The van der Waals surface area contributed by atoms with Crippen LogP contribution in [0.2, 0.25) is 0 Å². The fourth-order valence-electron chi connectivity index (χ4n) is 7.96. The molecule has 4 heteroatoms. The van der Waals surface area contributed by atoms with E-state index in [1.807, 2.05) is 24.3 Å². The third-order valence-electron chi connectivity index (χ3n) is 12.1. The minimum absolute atomic E-state index is 0.0303. The third kappa shape index (κ3) is 6.59. The average Bonchev–Trinajstić information content (AvgIpc) is 3.08. The zero-order valence-electron chi connectivity index (χ0n) is 36.6. The maximum Gasteiger partial charge on any atom is 0.197 e. The van der Waals surface area contributed by atoms with E-state index in [0.717, 1.165) is 55.7 Å². The van der Waals surface area contributed by atoms with Crippen molar-refractivity contribution in [1.29, 1.82) is 0 Å². The largest absolute Gasteiger partial charge is 0.309 e. The molecule has 0 amide bonds. The summed E-state index contributed by atoms with van der Waals surface area (Å²) in [5, 5.41) is 2.52. The van der Waals surface area contributed by atoms with Crippen molar-refractivity contribution < 1.29 is 0 Å². The summed E-state index contributed by atoms with van der Waals surface area (Å²) in [7, 11) is 0. The number of hydrogen-bond donors (Lipinski definition) is 0. The summed E-state index contributed by atoms with van der Waals surface area (Å²) in [4.78, 5) is 30.0. The molecule has 7 aromatic rings. The van der Waals surface area contributed by atoms with Crippen LogP contribution in [0.15, 0.2) is 82.4 Å². The predicted octanol–water partition coefficient (Wildman–Crippen LogP) is 13.0. The zero-order chi connectivity index (χ0) is 41.2. The number of benzene rings is 5. The second-order valence-corrected chi connectivity index (χ2v) is 20.7. The highest BCUT2D eigenvalue weighted by atomic mass is 16.1. The molecular weight excluding hydrogens is 685 g/mol. The first-order valence-electron chi connectivity index (χ1n) is 20.2. The minimum atomic E-state index is -0.115. The highest BCUT2D eigenvalue weighted by Crippen LogP contribution is 2.38. The van der Waals surface area contributed by atoms with Crippen LogP contribution in [0.1, 0.15) is 128 Å². The monoisotopic (exact) mass is 744 g/mol. The van der Waals surface area contributed by atoms with Gasteiger partial charge in [0, 0.05) is 32.9 Å². The van der Waals surface area contributed by atoms with E-state index in [0.29, 0.717) is 21.5 Å². The maximum absolute atomic E-state index is 15.0. The Balaban J connectivity index is 1.76. The van der Waals surface area contributed by atoms with Gasteiger partial charge < -0.3 is 9.13 Å². The van der Waals surface area contributed by atoms with Gasteiger partial charge in [0.05, 0.1) is 22.1 Å². The number of hydrogen-bond acceptors (Lipinski definition) is 2.